The van der Waals surface area contributed by atoms with Gasteiger partial charge in [0.05, 0.1) is 0 Å². The molecule has 0 unspecified atom stereocenters. The Kier molecular flexibility index (Phi) is 6.90. The summed E-state index contributed by atoms with van der Waals surface area (Å²) < 4.78 is 12.4. The van der Waals surface area contributed by atoms with Crippen LogP contribution in [0.3, 0.4) is 0 Å². The van der Waals surface area contributed by atoms with Gasteiger partial charge in [-0.3, -0.25) is 4.79 Å². The molecule has 0 saturated carbocycles. The zero-order valence-electron chi connectivity index (χ0n) is 14.2. The zero-order chi connectivity index (χ0) is 18.1. The minimum atomic E-state index is -1.15. The molecular formula is C16H22N2O5. The second kappa shape index (κ2) is 9.45. The maximum atomic E-state index is 11.8. The van der Waals surface area contributed by atoms with Gasteiger partial charge >= 0.3 is 12.1 Å². The molecule has 3 N–H and O–H groups in total. The van der Waals surface area contributed by atoms with Crippen molar-refractivity contribution < 1.29 is 25.6 Å². The van der Waals surface area contributed by atoms with Crippen LogP contribution in [0.25, 0.3) is 0 Å². The molecule has 0 bridgehead atoms. The van der Waals surface area contributed by atoms with E-state index in [4.69, 9.17) is 11.3 Å². The van der Waals surface area contributed by atoms with Crippen molar-refractivity contribution in [3.8, 4) is 0 Å². The Hall–Kier alpha value is -2.57. The number of carboxylic acid groups (broad SMARTS) is 1. The summed E-state index contributed by atoms with van der Waals surface area (Å²) in [4.78, 5) is 34.5. The van der Waals surface area contributed by atoms with Crippen molar-refractivity contribution in [1.29, 1.82) is 0 Å². The average molecular weight is 323 g/mol. The molecule has 1 rings (SSSR count). The van der Waals surface area contributed by atoms with Gasteiger partial charge in [0, 0.05) is 0 Å². The fourth-order valence-electron chi connectivity index (χ4n) is 1.83. The third kappa shape index (κ3) is 7.85. The summed E-state index contributed by atoms with van der Waals surface area (Å²) in [5, 5.41) is 11.7. The number of ether oxygens (including phenoxy) is 1. The number of carboxylic acids is 1. The number of hydrogen-bond donors (Lipinski definition) is 3. The zero-order valence-corrected chi connectivity index (χ0v) is 13.2. The first-order valence-electron chi connectivity index (χ1n) is 7.73. The van der Waals surface area contributed by atoms with E-state index >= 15 is 0 Å². The van der Waals surface area contributed by atoms with Crippen LogP contribution in [0.4, 0.5) is 4.79 Å². The van der Waals surface area contributed by atoms with Crippen molar-refractivity contribution in [2.24, 2.45) is 5.92 Å². The highest BCUT2D eigenvalue weighted by molar-refractivity contribution is 5.86. The minimum Gasteiger partial charge on any atom is -0.480 e. The van der Waals surface area contributed by atoms with Crippen molar-refractivity contribution in [1.82, 2.24) is 10.6 Å². The van der Waals surface area contributed by atoms with E-state index in [1.54, 1.807) is 24.3 Å². The number of carbonyl (C=O) groups is 3. The van der Waals surface area contributed by atoms with Crippen molar-refractivity contribution in [3.63, 3.8) is 0 Å². The van der Waals surface area contributed by atoms with Crippen molar-refractivity contribution in [3.05, 3.63) is 35.9 Å². The molecule has 0 radical (unpaired) electrons. The number of aliphatic carboxylic acids is 1. The molecule has 23 heavy (non-hydrogen) atoms. The quantitative estimate of drug-likeness (QED) is 0.673. The minimum absolute atomic E-state index is 0.0121. The summed E-state index contributed by atoms with van der Waals surface area (Å²) in [7, 11) is 0. The second-order valence-electron chi connectivity index (χ2n) is 5.44. The van der Waals surface area contributed by atoms with Crippen LogP contribution in [-0.2, 0) is 20.9 Å². The van der Waals surface area contributed by atoms with Crippen molar-refractivity contribution in [2.75, 3.05) is 6.54 Å². The van der Waals surface area contributed by atoms with Gasteiger partial charge in [-0.15, -0.1) is 0 Å². The maximum Gasteiger partial charge on any atom is 0.407 e. The average Bonchev–Trinajstić information content (AvgIpc) is 2.52. The first kappa shape index (κ1) is 16.8. The lowest BCUT2D eigenvalue weighted by molar-refractivity contribution is -0.142. The van der Waals surface area contributed by atoms with Crippen LogP contribution >= 0.6 is 0 Å². The Balaban J connectivity index is 2.44. The van der Waals surface area contributed by atoms with E-state index in [9.17, 15) is 14.4 Å². The number of alkyl carbamates (subject to hydrolysis) is 1. The number of amides is 2. The molecule has 0 spiro atoms. The maximum absolute atomic E-state index is 11.8. The Morgan fingerprint density at radius 2 is 1.91 bits per heavy atom. The molecule has 2 amide bonds. The number of hydrogen-bond acceptors (Lipinski definition) is 4. The van der Waals surface area contributed by atoms with Crippen LogP contribution in [0.15, 0.2) is 30.3 Å². The highest BCUT2D eigenvalue weighted by Crippen LogP contribution is 2.04. The van der Waals surface area contributed by atoms with E-state index in [2.05, 4.69) is 5.32 Å². The van der Waals surface area contributed by atoms with E-state index in [-0.39, 0.29) is 18.9 Å². The first-order valence-corrected chi connectivity index (χ1v) is 7.28. The third-order valence-corrected chi connectivity index (χ3v) is 2.90. The lowest BCUT2D eigenvalue weighted by Crippen LogP contribution is -2.46. The largest absolute Gasteiger partial charge is 0.480 e. The van der Waals surface area contributed by atoms with Gasteiger partial charge < -0.3 is 20.5 Å². The fraction of sp³-hybridized carbons (Fsp3) is 0.438. The van der Waals surface area contributed by atoms with Crippen LogP contribution < -0.4 is 10.6 Å². The molecule has 0 aliphatic carbocycles. The second-order valence-corrected chi connectivity index (χ2v) is 5.44. The van der Waals surface area contributed by atoms with E-state index in [1.165, 1.54) is 0 Å². The van der Waals surface area contributed by atoms with Gasteiger partial charge in [0.25, 0.3) is 0 Å². The summed E-state index contributed by atoms with van der Waals surface area (Å²) in [6.07, 6.45) is -0.720. The van der Waals surface area contributed by atoms with Crippen LogP contribution in [0.5, 0.6) is 0 Å². The molecule has 1 atom stereocenters. The molecule has 0 aliphatic heterocycles. The van der Waals surface area contributed by atoms with Crippen molar-refractivity contribution in [2.45, 2.75) is 32.9 Å². The van der Waals surface area contributed by atoms with Gasteiger partial charge in [0.1, 0.15) is 19.2 Å². The molecule has 0 aromatic heterocycles. The molecule has 126 valence electrons. The van der Waals surface area contributed by atoms with Crippen LogP contribution in [0.2, 0.25) is 1.41 Å². The Labute approximate surface area is 136 Å². The van der Waals surface area contributed by atoms with Crippen LogP contribution in [0, 0.1) is 5.92 Å². The Morgan fingerprint density at radius 3 is 2.48 bits per heavy atom. The Bertz CT molecular complexity index is 565. The first-order chi connectivity index (χ1) is 11.3. The van der Waals surface area contributed by atoms with E-state index in [0.717, 1.165) is 5.56 Å². The van der Waals surface area contributed by atoms with Gasteiger partial charge in [-0.25, -0.2) is 9.59 Å². The standard InChI is InChI=1S/C16H22N2O5/c1-11(2)8-13(15(20)21)18-14(19)9-17-16(22)23-10-12-6-4-3-5-7-12/h3-7,11,13H,8-10H2,1-2H3,(H,17,22)(H,18,19)(H,20,21)/t13-/m0/s1/i/hD. The van der Waals surface area contributed by atoms with Gasteiger partial charge in [0.2, 0.25) is 5.91 Å². The summed E-state index contributed by atoms with van der Waals surface area (Å²) in [5.74, 6) is -1.80. The molecular weight excluding hydrogens is 300 g/mol. The number of nitrogens with one attached hydrogen (secondary N) is 2. The fourth-order valence-corrected chi connectivity index (χ4v) is 1.83. The summed E-state index contributed by atoms with van der Waals surface area (Å²) >= 11 is 0. The number of rotatable bonds is 8. The number of carbonyl (C=O) groups excluding carboxylic acids is 2. The van der Waals surface area contributed by atoms with Gasteiger partial charge in [-0.1, -0.05) is 44.2 Å². The predicted octanol–water partition coefficient (Wildman–Crippen LogP) is 1.53. The monoisotopic (exact) mass is 323 g/mol. The lowest BCUT2D eigenvalue weighted by Gasteiger charge is -2.16. The molecule has 7 heteroatoms. The molecule has 1 aromatic rings. The van der Waals surface area contributed by atoms with Gasteiger partial charge in [0.15, 0.2) is 1.41 Å². The SMILES string of the molecule is [2H]N(CC(=O)N[C@@H](CC(C)C)C(=O)O)C(=O)OCc1ccccc1. The predicted molar refractivity (Wildman–Crippen MR) is 83.7 cm³/mol. The topological polar surface area (TPSA) is 105 Å². The number of benzene rings is 1. The van der Waals surface area contributed by atoms with Gasteiger partial charge in [-0.2, -0.15) is 0 Å². The van der Waals surface area contributed by atoms with E-state index in [1.807, 2.05) is 19.9 Å². The summed E-state index contributed by atoms with van der Waals surface area (Å²) in [6.45, 7) is 3.05. The smallest absolute Gasteiger partial charge is 0.407 e. The van der Waals surface area contributed by atoms with E-state index in [0.29, 0.717) is 5.31 Å². The summed E-state index contributed by atoms with van der Waals surface area (Å²) in [6, 6.07) is 7.87. The Morgan fingerprint density at radius 1 is 1.26 bits per heavy atom. The van der Waals surface area contributed by atoms with Crippen molar-refractivity contribution >= 4 is 18.0 Å². The van der Waals surface area contributed by atoms with Crippen LogP contribution in [0.1, 0.15) is 25.8 Å². The molecule has 0 fully saturated rings. The molecule has 0 heterocycles. The molecule has 1 aromatic carbocycles. The summed E-state index contributed by atoms with van der Waals surface area (Å²) in [5.41, 5.74) is 0.756. The normalized spacial score (nSPS) is 12.2. The lowest BCUT2D eigenvalue weighted by atomic mass is 10.0. The molecule has 7 nitrogen and oxygen atoms in total. The third-order valence-electron chi connectivity index (χ3n) is 2.90. The molecule has 0 aliphatic rings. The highest BCUT2D eigenvalue weighted by Gasteiger charge is 2.21. The highest BCUT2D eigenvalue weighted by atomic mass is 16.5. The van der Waals surface area contributed by atoms with E-state index < -0.39 is 30.6 Å². The van der Waals surface area contributed by atoms with Crippen LogP contribution in [-0.4, -0.2) is 35.7 Å². The van der Waals surface area contributed by atoms with Gasteiger partial charge in [-0.05, 0) is 17.9 Å². The molecule has 0 saturated heterocycles.